The molecule has 10 heteroatoms. The fourth-order valence-electron chi connectivity index (χ4n) is 4.39. The molecule has 210 valence electrons. The third kappa shape index (κ3) is 7.73. The lowest BCUT2D eigenvalue weighted by Crippen LogP contribution is -2.35. The van der Waals surface area contributed by atoms with Crippen LogP contribution in [-0.4, -0.2) is 36.8 Å². The van der Waals surface area contributed by atoms with Gasteiger partial charge in [0.1, 0.15) is 10.7 Å². The maximum absolute atomic E-state index is 13.7. The number of nitrogens with one attached hydrogen (secondary N) is 1. The zero-order chi connectivity index (χ0) is 28.7. The van der Waals surface area contributed by atoms with Crippen LogP contribution in [-0.2, 0) is 27.8 Å². The number of phenolic OH excluding ortho intramolecular Hbond substituents is 1. The molecule has 1 aliphatic rings. The highest BCUT2D eigenvalue weighted by molar-refractivity contribution is 7.89. The molecular formula is C30H29Cl2FN2O4S. The lowest BCUT2D eigenvalue weighted by atomic mass is 9.96. The Morgan fingerprint density at radius 2 is 1.77 bits per heavy atom. The summed E-state index contributed by atoms with van der Waals surface area (Å²) < 4.78 is 42.1. The second-order valence-electron chi connectivity index (χ2n) is 9.52. The fraction of sp³-hybridized carbons (Fsp3) is 0.233. The zero-order valence-corrected chi connectivity index (χ0v) is 23.9. The van der Waals surface area contributed by atoms with Gasteiger partial charge in [0.15, 0.2) is 5.75 Å². The molecule has 0 fully saturated rings. The molecule has 0 saturated heterocycles. The van der Waals surface area contributed by atoms with Gasteiger partial charge in [0.2, 0.25) is 10.0 Å². The van der Waals surface area contributed by atoms with Crippen molar-refractivity contribution in [3.8, 4) is 5.75 Å². The number of halogens is 3. The second-order valence-corrected chi connectivity index (χ2v) is 12.3. The van der Waals surface area contributed by atoms with Gasteiger partial charge in [-0.05, 0) is 60.6 Å². The van der Waals surface area contributed by atoms with E-state index in [0.717, 1.165) is 18.9 Å². The van der Waals surface area contributed by atoms with Gasteiger partial charge in [-0.25, -0.2) is 12.8 Å². The van der Waals surface area contributed by atoms with Crippen LogP contribution in [0.1, 0.15) is 24.0 Å². The summed E-state index contributed by atoms with van der Waals surface area (Å²) in [5, 5.41) is 13.3. The molecule has 4 rings (SSSR count). The minimum Gasteiger partial charge on any atom is -0.505 e. The lowest BCUT2D eigenvalue weighted by molar-refractivity contribution is -0.117. The highest BCUT2D eigenvalue weighted by atomic mass is 35.5. The number of phenols is 1. The Balaban J connectivity index is 1.43. The van der Waals surface area contributed by atoms with Gasteiger partial charge >= 0.3 is 0 Å². The van der Waals surface area contributed by atoms with E-state index in [-0.39, 0.29) is 35.0 Å². The van der Waals surface area contributed by atoms with Crippen LogP contribution in [0.4, 0.5) is 4.39 Å². The number of hydrogen-bond donors (Lipinski definition) is 2. The molecule has 1 aliphatic carbocycles. The first-order valence-electron chi connectivity index (χ1n) is 12.8. The van der Waals surface area contributed by atoms with Crippen LogP contribution in [0, 0.1) is 11.7 Å². The quantitative estimate of drug-likeness (QED) is 0.253. The van der Waals surface area contributed by atoms with E-state index in [1.54, 1.807) is 18.2 Å². The Labute approximate surface area is 243 Å². The first kappa shape index (κ1) is 29.8. The molecule has 3 aromatic carbocycles. The number of nitrogens with zero attached hydrogens (tertiary/aromatic N) is 1. The van der Waals surface area contributed by atoms with Crippen LogP contribution in [0.5, 0.6) is 5.75 Å². The third-order valence-electron chi connectivity index (χ3n) is 6.54. The van der Waals surface area contributed by atoms with Crippen molar-refractivity contribution in [1.29, 1.82) is 0 Å². The van der Waals surface area contributed by atoms with Crippen molar-refractivity contribution in [3.63, 3.8) is 0 Å². The van der Waals surface area contributed by atoms with Crippen molar-refractivity contribution in [2.45, 2.75) is 30.7 Å². The molecule has 0 radical (unpaired) electrons. The molecule has 1 amide bonds. The number of rotatable bonds is 11. The van der Waals surface area contributed by atoms with Gasteiger partial charge in [-0.1, -0.05) is 83.9 Å². The normalized spacial score (nSPS) is 15.2. The molecule has 2 N–H and O–H groups in total. The first-order valence-corrected chi connectivity index (χ1v) is 15.0. The minimum absolute atomic E-state index is 0.0439. The molecule has 0 aromatic heterocycles. The van der Waals surface area contributed by atoms with Crippen molar-refractivity contribution in [2.75, 3.05) is 13.1 Å². The Hall–Kier alpha value is -3.17. The molecule has 0 saturated carbocycles. The summed E-state index contributed by atoms with van der Waals surface area (Å²) >= 11 is 12.1. The number of sulfonamides is 1. The number of allylic oxidation sites excluding steroid dienone is 1. The van der Waals surface area contributed by atoms with Crippen LogP contribution in [0.25, 0.3) is 0 Å². The van der Waals surface area contributed by atoms with Crippen molar-refractivity contribution >= 4 is 39.1 Å². The number of benzene rings is 3. The van der Waals surface area contributed by atoms with Crippen LogP contribution in [0.15, 0.2) is 95.4 Å². The average Bonchev–Trinajstić information content (AvgIpc) is 2.94. The summed E-state index contributed by atoms with van der Waals surface area (Å²) in [7, 11) is -4.27. The Morgan fingerprint density at radius 1 is 1.05 bits per heavy atom. The number of aromatic hydroxyl groups is 1. The molecular weight excluding hydrogens is 574 g/mol. The van der Waals surface area contributed by atoms with Gasteiger partial charge in [0, 0.05) is 30.2 Å². The molecule has 6 nitrogen and oxygen atoms in total. The van der Waals surface area contributed by atoms with Crippen molar-refractivity contribution in [1.82, 2.24) is 9.62 Å². The molecule has 40 heavy (non-hydrogen) atoms. The van der Waals surface area contributed by atoms with Crippen LogP contribution in [0.2, 0.25) is 10.0 Å². The minimum atomic E-state index is -4.27. The zero-order valence-electron chi connectivity index (χ0n) is 21.6. The van der Waals surface area contributed by atoms with E-state index in [0.29, 0.717) is 24.1 Å². The Bertz CT molecular complexity index is 1510. The standard InChI is InChI=1S/C30H29Cl2FN2O4S/c31-25-17-27(32)29(36)28(18-25)40(38,39)35(20-23-10-14-26(33)15-11-23)19-22-8-12-24(13-9-22)30(37)34-16-4-7-21-5-2-1-3-6-21/h1-3,5-6,8,10-15,17-18,22,36H,4,7,9,16,19-20H2,(H,34,37). The number of carbonyl (C=O) groups is 1. The van der Waals surface area contributed by atoms with Crippen molar-refractivity contribution in [3.05, 3.63) is 118 Å². The van der Waals surface area contributed by atoms with E-state index >= 15 is 0 Å². The summed E-state index contributed by atoms with van der Waals surface area (Å²) in [6, 6.07) is 17.9. The largest absolute Gasteiger partial charge is 0.505 e. The van der Waals surface area contributed by atoms with Crippen LogP contribution in [0.3, 0.4) is 0 Å². The molecule has 1 unspecified atom stereocenters. The van der Waals surface area contributed by atoms with Gasteiger partial charge < -0.3 is 10.4 Å². The van der Waals surface area contributed by atoms with E-state index in [2.05, 4.69) is 17.4 Å². The monoisotopic (exact) mass is 602 g/mol. The summed E-state index contributed by atoms with van der Waals surface area (Å²) in [6.07, 6.45) is 7.39. The van der Waals surface area contributed by atoms with Crippen LogP contribution < -0.4 is 5.32 Å². The maximum atomic E-state index is 13.7. The van der Waals surface area contributed by atoms with Gasteiger partial charge in [-0.2, -0.15) is 4.31 Å². The van der Waals surface area contributed by atoms with Crippen molar-refractivity contribution in [2.24, 2.45) is 5.92 Å². The number of hydrogen-bond acceptors (Lipinski definition) is 4. The number of amides is 1. The van der Waals surface area contributed by atoms with Crippen molar-refractivity contribution < 1.29 is 22.7 Å². The third-order valence-corrected chi connectivity index (χ3v) is 8.87. The first-order chi connectivity index (χ1) is 19.1. The van der Waals surface area contributed by atoms with E-state index in [1.807, 2.05) is 18.2 Å². The Morgan fingerprint density at radius 3 is 2.45 bits per heavy atom. The smallest absolute Gasteiger partial charge is 0.250 e. The number of aryl methyl sites for hydroxylation is 1. The molecule has 0 bridgehead atoms. The average molecular weight is 604 g/mol. The SMILES string of the molecule is O=C(NCCCc1ccccc1)C1=CCC(CN(Cc2ccc(F)cc2)S(=O)(=O)c2cc(Cl)cc(Cl)c2O)C=C1. The van der Waals surface area contributed by atoms with Gasteiger partial charge in [0.25, 0.3) is 5.91 Å². The van der Waals surface area contributed by atoms with Gasteiger partial charge in [0.05, 0.1) is 5.02 Å². The maximum Gasteiger partial charge on any atom is 0.250 e. The molecule has 3 aromatic rings. The fourth-order valence-corrected chi connectivity index (χ4v) is 6.62. The Kier molecular flexibility index (Phi) is 10.0. The van der Waals surface area contributed by atoms with E-state index in [9.17, 15) is 22.7 Å². The molecule has 0 heterocycles. The molecule has 0 aliphatic heterocycles. The summed E-state index contributed by atoms with van der Waals surface area (Å²) in [4.78, 5) is 12.2. The van der Waals surface area contributed by atoms with E-state index < -0.39 is 26.5 Å². The topological polar surface area (TPSA) is 86.7 Å². The molecule has 0 spiro atoms. The lowest BCUT2D eigenvalue weighted by Gasteiger charge is -2.27. The highest BCUT2D eigenvalue weighted by Crippen LogP contribution is 2.36. The van der Waals surface area contributed by atoms with E-state index in [4.69, 9.17) is 23.2 Å². The summed E-state index contributed by atoms with van der Waals surface area (Å²) in [5.41, 5.74) is 2.29. The predicted octanol–water partition coefficient (Wildman–Crippen LogP) is 6.28. The summed E-state index contributed by atoms with van der Waals surface area (Å²) in [6.45, 7) is 0.509. The highest BCUT2D eigenvalue weighted by Gasteiger charge is 2.31. The number of carbonyl (C=O) groups excluding carboxylic acids is 1. The summed E-state index contributed by atoms with van der Waals surface area (Å²) in [5.74, 6) is -1.47. The van der Waals surface area contributed by atoms with Gasteiger partial charge in [-0.3, -0.25) is 4.79 Å². The van der Waals surface area contributed by atoms with E-state index in [1.165, 1.54) is 40.2 Å². The predicted molar refractivity (Wildman–Crippen MR) is 155 cm³/mol. The van der Waals surface area contributed by atoms with Gasteiger partial charge in [-0.15, -0.1) is 0 Å². The second kappa shape index (κ2) is 13.5. The molecule has 1 atom stereocenters. The van der Waals surface area contributed by atoms with Crippen LogP contribution >= 0.6 is 23.2 Å².